The minimum absolute atomic E-state index is 0.0621. The molecule has 1 aliphatic rings. The molecule has 4 nitrogen and oxygen atoms in total. The van der Waals surface area contributed by atoms with Gasteiger partial charge in [0.2, 0.25) is 5.91 Å². The minimum Gasteiger partial charge on any atom is -0.494 e. The van der Waals surface area contributed by atoms with Crippen molar-refractivity contribution in [1.82, 2.24) is 4.90 Å². The number of amides is 1. The Kier molecular flexibility index (Phi) is 7.58. The maximum Gasteiger partial charge on any atom is 0.246 e. The average Bonchev–Trinajstić information content (AvgIpc) is 2.87. The Bertz CT molecular complexity index is 1140. The third-order valence-corrected chi connectivity index (χ3v) is 6.12. The fraction of sp³-hybridized carbons (Fsp3) is 0.250. The fourth-order valence-corrected chi connectivity index (χ4v) is 4.17. The lowest BCUT2D eigenvalue weighted by Crippen LogP contribution is -2.48. The highest BCUT2D eigenvalue weighted by Crippen LogP contribution is 2.24. The van der Waals surface area contributed by atoms with E-state index >= 15 is 0 Å². The molecule has 0 radical (unpaired) electrons. The first-order valence-electron chi connectivity index (χ1n) is 11.4. The summed E-state index contributed by atoms with van der Waals surface area (Å²) >= 11 is 0. The fourth-order valence-electron chi connectivity index (χ4n) is 4.17. The van der Waals surface area contributed by atoms with E-state index in [1.54, 1.807) is 24.3 Å². The molecule has 0 atom stereocenters. The number of allylic oxidation sites excluding steroid dienone is 1. The molecule has 0 saturated carbocycles. The molecule has 1 heterocycles. The third kappa shape index (κ3) is 5.81. The van der Waals surface area contributed by atoms with Crippen molar-refractivity contribution >= 4 is 17.2 Å². The number of hydrogen-bond acceptors (Lipinski definition) is 3. The molecule has 1 saturated heterocycles. The highest BCUT2D eigenvalue weighted by atomic mass is 19.1. The van der Waals surface area contributed by atoms with Crippen LogP contribution in [-0.2, 0) is 11.2 Å². The van der Waals surface area contributed by atoms with E-state index in [4.69, 9.17) is 4.74 Å². The van der Waals surface area contributed by atoms with Crippen molar-refractivity contribution in [2.24, 2.45) is 0 Å². The number of ether oxygens (including phenoxy) is 1. The number of hydrogen-bond donors (Lipinski definition) is 0. The van der Waals surface area contributed by atoms with E-state index in [0.717, 1.165) is 35.5 Å². The van der Waals surface area contributed by atoms with Crippen molar-refractivity contribution in [3.63, 3.8) is 0 Å². The SMILES string of the molecule is COc1ccc(CC/C(=C/C(=O)N2CCN(c3ccccc3)CC2)c2ccc(F)cc2)cc1F. The molecule has 0 aliphatic carbocycles. The summed E-state index contributed by atoms with van der Waals surface area (Å²) in [5, 5.41) is 0. The Morgan fingerprint density at radius 3 is 2.29 bits per heavy atom. The number of para-hydroxylation sites is 1. The summed E-state index contributed by atoms with van der Waals surface area (Å²) < 4.78 is 32.6. The Morgan fingerprint density at radius 2 is 1.65 bits per heavy atom. The van der Waals surface area contributed by atoms with Gasteiger partial charge in [-0.1, -0.05) is 36.4 Å². The first kappa shape index (κ1) is 23.5. The Hall–Kier alpha value is -3.67. The van der Waals surface area contributed by atoms with Gasteiger partial charge >= 0.3 is 0 Å². The largest absolute Gasteiger partial charge is 0.494 e. The van der Waals surface area contributed by atoms with Crippen molar-refractivity contribution in [2.45, 2.75) is 12.8 Å². The molecule has 6 heteroatoms. The van der Waals surface area contributed by atoms with Crippen LogP contribution >= 0.6 is 0 Å². The molecule has 4 rings (SSSR count). The first-order chi connectivity index (χ1) is 16.5. The molecular weight excluding hydrogens is 434 g/mol. The molecule has 0 N–H and O–H groups in total. The highest BCUT2D eigenvalue weighted by molar-refractivity contribution is 5.95. The van der Waals surface area contributed by atoms with Crippen LogP contribution in [0.15, 0.2) is 78.9 Å². The molecular formula is C28H28F2N2O2. The summed E-state index contributed by atoms with van der Waals surface area (Å²) in [5.41, 5.74) is 3.54. The molecule has 3 aromatic carbocycles. The van der Waals surface area contributed by atoms with Gasteiger partial charge in [-0.25, -0.2) is 8.78 Å². The van der Waals surface area contributed by atoms with Gasteiger partial charge in [0.25, 0.3) is 0 Å². The standard InChI is InChI=1S/C28H28F2N2O2/c1-34-27-14-8-21(19-26(27)30)7-9-23(22-10-12-24(29)13-11-22)20-28(33)32-17-15-31(16-18-32)25-5-3-2-4-6-25/h2-6,8,10-14,19-20H,7,9,15-18H2,1H3/b23-20-. The molecule has 1 amide bonds. The van der Waals surface area contributed by atoms with Gasteiger partial charge in [0.1, 0.15) is 5.82 Å². The van der Waals surface area contributed by atoms with Crippen molar-refractivity contribution in [3.05, 3.63) is 102 Å². The number of rotatable bonds is 7. The van der Waals surface area contributed by atoms with Gasteiger partial charge in [-0.05, 0) is 65.9 Å². The smallest absolute Gasteiger partial charge is 0.246 e. The quantitative estimate of drug-likeness (QED) is 0.445. The number of carbonyl (C=O) groups excluding carboxylic acids is 1. The van der Waals surface area contributed by atoms with Gasteiger partial charge in [0.05, 0.1) is 7.11 Å². The van der Waals surface area contributed by atoms with Crippen LogP contribution in [0.5, 0.6) is 5.75 Å². The highest BCUT2D eigenvalue weighted by Gasteiger charge is 2.20. The zero-order valence-corrected chi connectivity index (χ0v) is 19.2. The molecule has 34 heavy (non-hydrogen) atoms. The lowest BCUT2D eigenvalue weighted by Gasteiger charge is -2.35. The van der Waals surface area contributed by atoms with Crippen molar-refractivity contribution < 1.29 is 18.3 Å². The Morgan fingerprint density at radius 1 is 0.941 bits per heavy atom. The Balaban J connectivity index is 1.47. The van der Waals surface area contributed by atoms with E-state index in [1.807, 2.05) is 29.2 Å². The normalized spacial score (nSPS) is 14.3. The number of methoxy groups -OCH3 is 1. The lowest BCUT2D eigenvalue weighted by atomic mass is 9.97. The molecule has 0 unspecified atom stereocenters. The topological polar surface area (TPSA) is 32.8 Å². The number of carbonyl (C=O) groups is 1. The molecule has 1 fully saturated rings. The molecule has 0 bridgehead atoms. The van der Waals surface area contributed by atoms with Gasteiger partial charge in [-0.3, -0.25) is 4.79 Å². The van der Waals surface area contributed by atoms with Gasteiger partial charge in [0.15, 0.2) is 11.6 Å². The number of halogens is 2. The molecule has 3 aromatic rings. The van der Waals surface area contributed by atoms with Crippen LogP contribution in [-0.4, -0.2) is 44.1 Å². The van der Waals surface area contributed by atoms with E-state index in [-0.39, 0.29) is 17.5 Å². The summed E-state index contributed by atoms with van der Waals surface area (Å²) in [6.07, 6.45) is 2.71. The summed E-state index contributed by atoms with van der Waals surface area (Å²) in [6.45, 7) is 2.79. The summed E-state index contributed by atoms with van der Waals surface area (Å²) in [5.74, 6) is -0.612. The van der Waals surface area contributed by atoms with Crippen LogP contribution in [0.25, 0.3) is 5.57 Å². The third-order valence-electron chi connectivity index (χ3n) is 6.12. The second-order valence-electron chi connectivity index (χ2n) is 8.29. The second-order valence-corrected chi connectivity index (χ2v) is 8.29. The predicted octanol–water partition coefficient (Wildman–Crippen LogP) is 5.34. The number of piperazine rings is 1. The summed E-state index contributed by atoms with van der Waals surface area (Å²) in [4.78, 5) is 17.2. The van der Waals surface area contributed by atoms with Crippen molar-refractivity contribution in [1.29, 1.82) is 0 Å². The van der Waals surface area contributed by atoms with Crippen molar-refractivity contribution in [3.8, 4) is 5.75 Å². The van der Waals surface area contributed by atoms with E-state index in [0.29, 0.717) is 25.9 Å². The number of nitrogens with zero attached hydrogens (tertiary/aromatic N) is 2. The number of aryl methyl sites for hydroxylation is 1. The predicted molar refractivity (Wildman–Crippen MR) is 131 cm³/mol. The van der Waals surface area contributed by atoms with Gasteiger partial charge in [-0.2, -0.15) is 0 Å². The van der Waals surface area contributed by atoms with Gasteiger partial charge < -0.3 is 14.5 Å². The second kappa shape index (κ2) is 11.0. The minimum atomic E-state index is -0.417. The first-order valence-corrected chi connectivity index (χ1v) is 11.4. The van der Waals surface area contributed by atoms with E-state index < -0.39 is 5.82 Å². The zero-order chi connectivity index (χ0) is 23.9. The molecule has 0 spiro atoms. The van der Waals surface area contributed by atoms with Crippen LogP contribution in [0.1, 0.15) is 17.5 Å². The van der Waals surface area contributed by atoms with Crippen LogP contribution in [0.4, 0.5) is 14.5 Å². The maximum atomic E-state index is 14.1. The summed E-state index contributed by atoms with van der Waals surface area (Å²) in [7, 11) is 1.43. The van der Waals surface area contributed by atoms with E-state index in [9.17, 15) is 13.6 Å². The van der Waals surface area contributed by atoms with E-state index in [2.05, 4.69) is 17.0 Å². The lowest BCUT2D eigenvalue weighted by molar-refractivity contribution is -0.126. The van der Waals surface area contributed by atoms with Crippen LogP contribution < -0.4 is 9.64 Å². The van der Waals surface area contributed by atoms with Gasteiger partial charge in [-0.15, -0.1) is 0 Å². The van der Waals surface area contributed by atoms with Crippen LogP contribution in [0.3, 0.4) is 0 Å². The van der Waals surface area contributed by atoms with Crippen LogP contribution in [0.2, 0.25) is 0 Å². The van der Waals surface area contributed by atoms with E-state index in [1.165, 1.54) is 25.3 Å². The molecule has 0 aromatic heterocycles. The zero-order valence-electron chi connectivity index (χ0n) is 19.2. The number of benzene rings is 3. The Labute approximate surface area is 199 Å². The average molecular weight is 463 g/mol. The maximum absolute atomic E-state index is 14.1. The van der Waals surface area contributed by atoms with Crippen molar-refractivity contribution in [2.75, 3.05) is 38.2 Å². The monoisotopic (exact) mass is 462 g/mol. The van der Waals surface area contributed by atoms with Gasteiger partial charge in [0, 0.05) is 37.9 Å². The number of anilines is 1. The molecule has 1 aliphatic heterocycles. The van der Waals surface area contributed by atoms with Crippen LogP contribution in [0, 0.1) is 11.6 Å². The summed E-state index contributed by atoms with van der Waals surface area (Å²) in [6, 6.07) is 21.2. The molecule has 176 valence electrons.